The molecule has 0 saturated heterocycles. The zero-order valence-electron chi connectivity index (χ0n) is 20.0. The second-order valence-electron chi connectivity index (χ2n) is 8.40. The zero-order chi connectivity index (χ0) is 25.8. The first kappa shape index (κ1) is 24.4. The van der Waals surface area contributed by atoms with Crippen molar-refractivity contribution in [2.75, 3.05) is 12.4 Å². The first-order valence-corrected chi connectivity index (χ1v) is 12.4. The Hall–Kier alpha value is -4.30. The monoisotopic (exact) mass is 557 g/mol. The van der Waals surface area contributed by atoms with Crippen molar-refractivity contribution >= 4 is 33.4 Å². The summed E-state index contributed by atoms with van der Waals surface area (Å²) in [5.41, 5.74) is 6.00. The molecule has 2 amide bonds. The van der Waals surface area contributed by atoms with Crippen molar-refractivity contribution in [3.05, 3.63) is 124 Å². The number of hydrogen-bond donors (Lipinski definition) is 2. The van der Waals surface area contributed by atoms with E-state index < -0.39 is 12.1 Å². The molecule has 0 radical (unpaired) electrons. The molecule has 7 nitrogen and oxygen atoms in total. The molecule has 1 aliphatic heterocycles. The van der Waals surface area contributed by atoms with Gasteiger partial charge in [-0.2, -0.15) is 0 Å². The number of carbonyl (C=O) groups excluding carboxylic acids is 2. The molecular weight excluding hydrogens is 534 g/mol. The molecule has 0 bridgehead atoms. The van der Waals surface area contributed by atoms with Crippen LogP contribution in [0, 0.1) is 0 Å². The summed E-state index contributed by atoms with van der Waals surface area (Å²) in [4.78, 5) is 27.1. The van der Waals surface area contributed by atoms with Gasteiger partial charge in [-0.3, -0.25) is 15.0 Å². The number of methoxy groups -OCH3 is 1. The molecule has 4 aromatic rings. The summed E-state index contributed by atoms with van der Waals surface area (Å²) >= 11 is 3.43. The Morgan fingerprint density at radius 1 is 0.973 bits per heavy atom. The highest BCUT2D eigenvalue weighted by Crippen LogP contribution is 2.34. The van der Waals surface area contributed by atoms with Crippen LogP contribution in [0.1, 0.15) is 38.0 Å². The van der Waals surface area contributed by atoms with Gasteiger partial charge >= 0.3 is 0 Å². The Morgan fingerprint density at radius 2 is 1.70 bits per heavy atom. The Labute approximate surface area is 223 Å². The molecule has 5 rings (SSSR count). The number of carbonyl (C=O) groups is 2. The first-order chi connectivity index (χ1) is 18.0. The highest BCUT2D eigenvalue weighted by molar-refractivity contribution is 9.10. The Bertz CT molecular complexity index is 1430. The van der Waals surface area contributed by atoms with Gasteiger partial charge in [0.1, 0.15) is 24.3 Å². The molecule has 1 atom stereocenters. The third-order valence-corrected chi connectivity index (χ3v) is 6.50. The number of ether oxygens (including phenoxy) is 2. The molecule has 0 spiro atoms. The fourth-order valence-corrected chi connectivity index (χ4v) is 4.46. The van der Waals surface area contributed by atoms with E-state index in [1.54, 1.807) is 37.4 Å². The molecule has 186 valence electrons. The van der Waals surface area contributed by atoms with Crippen molar-refractivity contribution < 1.29 is 19.1 Å². The lowest BCUT2D eigenvalue weighted by molar-refractivity contribution is 0.0489. The molecule has 2 N–H and O–H groups in total. The number of para-hydroxylation sites is 1. The van der Waals surface area contributed by atoms with E-state index in [-0.39, 0.29) is 5.91 Å². The van der Waals surface area contributed by atoms with Crippen molar-refractivity contribution in [3.63, 3.8) is 0 Å². The second-order valence-corrected chi connectivity index (χ2v) is 9.31. The molecule has 4 aromatic carbocycles. The lowest BCUT2D eigenvalue weighted by Gasteiger charge is -2.38. The minimum Gasteiger partial charge on any atom is -0.497 e. The van der Waals surface area contributed by atoms with Gasteiger partial charge in [0, 0.05) is 10.2 Å². The summed E-state index contributed by atoms with van der Waals surface area (Å²) in [5, 5.41) is 4.69. The van der Waals surface area contributed by atoms with E-state index in [1.165, 1.54) is 5.01 Å². The number of hydrazine groups is 1. The fraction of sp³-hybridized carbons (Fsp3) is 0.103. The summed E-state index contributed by atoms with van der Waals surface area (Å²) < 4.78 is 12.0. The van der Waals surface area contributed by atoms with Gasteiger partial charge in [-0.1, -0.05) is 70.5 Å². The van der Waals surface area contributed by atoms with Crippen LogP contribution in [0.2, 0.25) is 0 Å². The number of amides is 2. The van der Waals surface area contributed by atoms with E-state index in [0.29, 0.717) is 34.9 Å². The Kier molecular flexibility index (Phi) is 7.09. The topological polar surface area (TPSA) is 79.9 Å². The van der Waals surface area contributed by atoms with Gasteiger partial charge in [-0.15, -0.1) is 0 Å². The van der Waals surface area contributed by atoms with Gasteiger partial charge in [0.05, 0.1) is 18.2 Å². The summed E-state index contributed by atoms with van der Waals surface area (Å²) in [6, 6.07) is 29.4. The van der Waals surface area contributed by atoms with Crippen molar-refractivity contribution in [1.29, 1.82) is 0 Å². The SMILES string of the molecule is COc1ccc([C@H]2Nc3ccc(Br)cc3C(=O)N2NC(=O)c2ccccc2OCc2ccccc2)cc1. The number of anilines is 1. The summed E-state index contributed by atoms with van der Waals surface area (Å²) in [6.45, 7) is 0.311. The third kappa shape index (κ3) is 5.29. The molecular formula is C29H24BrN3O4. The van der Waals surface area contributed by atoms with Crippen LogP contribution in [-0.2, 0) is 6.61 Å². The minimum absolute atomic E-state index is 0.311. The van der Waals surface area contributed by atoms with Crippen LogP contribution in [0.4, 0.5) is 5.69 Å². The minimum atomic E-state index is -0.645. The van der Waals surface area contributed by atoms with E-state index in [2.05, 4.69) is 26.7 Å². The van der Waals surface area contributed by atoms with Crippen LogP contribution in [0.5, 0.6) is 11.5 Å². The number of halogens is 1. The number of fused-ring (bicyclic) bond motifs is 1. The van der Waals surface area contributed by atoms with Crippen LogP contribution < -0.4 is 20.2 Å². The molecule has 0 aliphatic carbocycles. The number of rotatable bonds is 7. The normalized spacial score (nSPS) is 14.4. The standard InChI is InChI=1S/C29H24BrN3O4/c1-36-22-14-11-20(12-15-22)27-31-25-16-13-21(30)17-24(25)29(35)33(27)32-28(34)23-9-5-6-10-26(23)37-18-19-7-3-2-4-8-19/h2-17,27,31H,18H2,1H3,(H,32,34)/t27-/m0/s1. The first-order valence-electron chi connectivity index (χ1n) is 11.6. The van der Waals surface area contributed by atoms with E-state index in [1.807, 2.05) is 66.7 Å². The average molecular weight is 558 g/mol. The quantitative estimate of drug-likeness (QED) is 0.293. The summed E-state index contributed by atoms with van der Waals surface area (Å²) in [6.07, 6.45) is -0.645. The predicted octanol–water partition coefficient (Wildman–Crippen LogP) is 5.95. The molecule has 1 heterocycles. The Balaban J connectivity index is 1.44. The van der Waals surface area contributed by atoms with Crippen molar-refractivity contribution in [3.8, 4) is 11.5 Å². The number of hydrogen-bond acceptors (Lipinski definition) is 5. The van der Waals surface area contributed by atoms with E-state index in [4.69, 9.17) is 9.47 Å². The molecule has 0 aromatic heterocycles. The van der Waals surface area contributed by atoms with E-state index in [9.17, 15) is 9.59 Å². The van der Waals surface area contributed by atoms with Crippen LogP contribution in [-0.4, -0.2) is 23.9 Å². The predicted molar refractivity (Wildman–Crippen MR) is 144 cm³/mol. The molecule has 37 heavy (non-hydrogen) atoms. The number of nitrogens with one attached hydrogen (secondary N) is 2. The lowest BCUT2D eigenvalue weighted by Crippen LogP contribution is -2.52. The van der Waals surface area contributed by atoms with Crippen LogP contribution in [0.15, 0.2) is 102 Å². The average Bonchev–Trinajstić information content (AvgIpc) is 2.94. The smallest absolute Gasteiger partial charge is 0.276 e. The maximum absolute atomic E-state index is 13.6. The molecule has 0 saturated carbocycles. The van der Waals surface area contributed by atoms with E-state index in [0.717, 1.165) is 15.6 Å². The largest absolute Gasteiger partial charge is 0.497 e. The van der Waals surface area contributed by atoms with Gasteiger partial charge in [0.15, 0.2) is 0 Å². The summed E-state index contributed by atoms with van der Waals surface area (Å²) in [5.74, 6) is 0.309. The van der Waals surface area contributed by atoms with Crippen LogP contribution >= 0.6 is 15.9 Å². The highest BCUT2D eigenvalue weighted by atomic mass is 79.9. The van der Waals surface area contributed by atoms with Gasteiger partial charge in [-0.05, 0) is 53.6 Å². The molecule has 8 heteroatoms. The van der Waals surface area contributed by atoms with Gasteiger partial charge in [-0.25, -0.2) is 5.01 Å². The zero-order valence-corrected chi connectivity index (χ0v) is 21.6. The molecule has 0 fully saturated rings. The maximum atomic E-state index is 13.6. The third-order valence-electron chi connectivity index (χ3n) is 6.00. The molecule has 0 unspecified atom stereocenters. The van der Waals surface area contributed by atoms with Gasteiger partial charge in [0.2, 0.25) is 0 Å². The van der Waals surface area contributed by atoms with Gasteiger partial charge < -0.3 is 14.8 Å². The Morgan fingerprint density at radius 3 is 2.46 bits per heavy atom. The number of benzene rings is 4. The van der Waals surface area contributed by atoms with E-state index >= 15 is 0 Å². The molecule has 1 aliphatic rings. The highest BCUT2D eigenvalue weighted by Gasteiger charge is 2.35. The van der Waals surface area contributed by atoms with Crippen molar-refractivity contribution in [1.82, 2.24) is 10.4 Å². The fourth-order valence-electron chi connectivity index (χ4n) is 4.10. The van der Waals surface area contributed by atoms with Crippen LogP contribution in [0.3, 0.4) is 0 Å². The lowest BCUT2D eigenvalue weighted by atomic mass is 10.0. The maximum Gasteiger partial charge on any atom is 0.276 e. The van der Waals surface area contributed by atoms with Crippen molar-refractivity contribution in [2.24, 2.45) is 0 Å². The van der Waals surface area contributed by atoms with Crippen molar-refractivity contribution in [2.45, 2.75) is 12.8 Å². The number of nitrogens with zero attached hydrogens (tertiary/aromatic N) is 1. The van der Waals surface area contributed by atoms with Crippen LogP contribution in [0.25, 0.3) is 0 Å². The summed E-state index contributed by atoms with van der Waals surface area (Å²) in [7, 11) is 1.59. The van der Waals surface area contributed by atoms with Gasteiger partial charge in [0.25, 0.3) is 11.8 Å². The second kappa shape index (κ2) is 10.8.